The van der Waals surface area contributed by atoms with E-state index in [1.54, 1.807) is 4.52 Å². The predicted molar refractivity (Wildman–Crippen MR) is 80.1 cm³/mol. The maximum absolute atomic E-state index is 12.1. The van der Waals surface area contributed by atoms with Crippen molar-refractivity contribution in [1.29, 1.82) is 0 Å². The third-order valence-electron chi connectivity index (χ3n) is 4.12. The molecule has 7 heteroatoms. The first kappa shape index (κ1) is 13.0. The molecule has 2 heterocycles. The summed E-state index contributed by atoms with van der Waals surface area (Å²) in [5.41, 5.74) is 1.34. The number of aromatic amines is 1. The molecule has 1 fully saturated rings. The Kier molecular flexibility index (Phi) is 3.10. The van der Waals surface area contributed by atoms with Gasteiger partial charge in [-0.2, -0.15) is 9.50 Å². The molecule has 3 aromatic rings. The standard InChI is InChI=1S/C15H16N6O/c22-13(18-15-20-19-14-16-9-17-21(14)15)8-12-7-11(12)6-10-4-2-1-3-5-10/h1-5,9,11-12H,6-8H2,(H,16,17,19)(H,18,20,22)/t11-,12+/m1/s1. The van der Waals surface area contributed by atoms with E-state index in [9.17, 15) is 4.79 Å². The van der Waals surface area contributed by atoms with Gasteiger partial charge in [0.05, 0.1) is 0 Å². The van der Waals surface area contributed by atoms with Crippen molar-refractivity contribution >= 4 is 17.6 Å². The minimum Gasteiger partial charge on any atom is -0.293 e. The average Bonchev–Trinajstić information content (AvgIpc) is 2.93. The fraction of sp³-hybridized carbons (Fsp3) is 0.333. The topological polar surface area (TPSA) is 88.0 Å². The highest BCUT2D eigenvalue weighted by Gasteiger charge is 2.38. The van der Waals surface area contributed by atoms with Crippen molar-refractivity contribution in [3.8, 4) is 0 Å². The van der Waals surface area contributed by atoms with Gasteiger partial charge in [0, 0.05) is 6.42 Å². The number of amides is 1. The number of H-pyrrole nitrogens is 1. The van der Waals surface area contributed by atoms with E-state index in [-0.39, 0.29) is 5.91 Å². The molecule has 112 valence electrons. The van der Waals surface area contributed by atoms with Gasteiger partial charge >= 0.3 is 0 Å². The summed E-state index contributed by atoms with van der Waals surface area (Å²) in [5, 5.41) is 13.4. The summed E-state index contributed by atoms with van der Waals surface area (Å²) >= 11 is 0. The molecule has 2 N–H and O–H groups in total. The zero-order valence-electron chi connectivity index (χ0n) is 11.9. The number of nitrogens with zero attached hydrogens (tertiary/aromatic N) is 4. The van der Waals surface area contributed by atoms with Crippen molar-refractivity contribution < 1.29 is 4.79 Å². The molecular formula is C15H16N6O. The van der Waals surface area contributed by atoms with Gasteiger partial charge in [0.15, 0.2) is 0 Å². The second-order valence-corrected chi connectivity index (χ2v) is 5.74. The summed E-state index contributed by atoms with van der Waals surface area (Å²) in [6.07, 6.45) is 4.20. The number of anilines is 1. The fourth-order valence-electron chi connectivity index (χ4n) is 2.84. The van der Waals surface area contributed by atoms with Crippen molar-refractivity contribution in [1.82, 2.24) is 24.8 Å². The highest BCUT2D eigenvalue weighted by molar-refractivity contribution is 5.89. The van der Waals surface area contributed by atoms with Crippen LogP contribution in [0.5, 0.6) is 0 Å². The first-order valence-corrected chi connectivity index (χ1v) is 7.38. The zero-order valence-corrected chi connectivity index (χ0v) is 11.9. The van der Waals surface area contributed by atoms with Gasteiger partial charge in [-0.05, 0) is 30.2 Å². The first-order valence-electron chi connectivity index (χ1n) is 7.38. The third-order valence-corrected chi connectivity index (χ3v) is 4.12. The lowest BCUT2D eigenvalue weighted by atomic mass is 10.1. The van der Waals surface area contributed by atoms with Crippen LogP contribution in [0.4, 0.5) is 5.95 Å². The van der Waals surface area contributed by atoms with Crippen LogP contribution < -0.4 is 5.32 Å². The van der Waals surface area contributed by atoms with Crippen molar-refractivity contribution in [2.75, 3.05) is 5.32 Å². The van der Waals surface area contributed by atoms with E-state index in [1.165, 1.54) is 11.9 Å². The molecule has 1 saturated carbocycles. The number of carbonyl (C=O) groups is 1. The summed E-state index contributed by atoms with van der Waals surface area (Å²) in [7, 11) is 0. The zero-order chi connectivity index (χ0) is 14.9. The number of carbonyl (C=O) groups excluding carboxylic acids is 1. The number of aromatic nitrogens is 5. The summed E-state index contributed by atoms with van der Waals surface area (Å²) in [5.74, 6) is 1.88. The van der Waals surface area contributed by atoms with Crippen LogP contribution in [-0.2, 0) is 11.2 Å². The van der Waals surface area contributed by atoms with Crippen molar-refractivity contribution in [2.45, 2.75) is 19.3 Å². The summed E-state index contributed by atoms with van der Waals surface area (Å²) in [6, 6.07) is 10.4. The molecular weight excluding hydrogens is 280 g/mol. The molecule has 4 rings (SSSR count). The minimum absolute atomic E-state index is 0.0236. The Bertz CT molecular complexity index is 793. The maximum atomic E-state index is 12.1. The number of fused-ring (bicyclic) bond motifs is 1. The Hall–Kier alpha value is -2.70. The number of rotatable bonds is 5. The Morgan fingerprint density at radius 3 is 3.00 bits per heavy atom. The Morgan fingerprint density at radius 1 is 1.27 bits per heavy atom. The lowest BCUT2D eigenvalue weighted by Crippen LogP contribution is -2.15. The fourth-order valence-corrected chi connectivity index (χ4v) is 2.84. The predicted octanol–water partition coefficient (Wildman–Crippen LogP) is 1.66. The van der Waals surface area contributed by atoms with Crippen LogP contribution >= 0.6 is 0 Å². The summed E-state index contributed by atoms with van der Waals surface area (Å²) < 4.78 is 1.55. The van der Waals surface area contributed by atoms with Gasteiger partial charge in [-0.3, -0.25) is 15.2 Å². The van der Waals surface area contributed by atoms with Crippen LogP contribution in [-0.4, -0.2) is 30.7 Å². The lowest BCUT2D eigenvalue weighted by molar-refractivity contribution is -0.116. The number of nitrogens with one attached hydrogen (secondary N) is 2. The van der Waals surface area contributed by atoms with E-state index in [0.29, 0.717) is 30.0 Å². The van der Waals surface area contributed by atoms with Gasteiger partial charge in [-0.25, -0.2) is 0 Å². The maximum Gasteiger partial charge on any atom is 0.273 e. The van der Waals surface area contributed by atoms with Crippen LogP contribution in [0.25, 0.3) is 5.78 Å². The molecule has 0 bridgehead atoms. The highest BCUT2D eigenvalue weighted by Crippen LogP contribution is 2.43. The number of hydrogen-bond acceptors (Lipinski definition) is 4. The lowest BCUT2D eigenvalue weighted by Gasteiger charge is -2.02. The molecule has 0 radical (unpaired) electrons. The molecule has 2 atom stereocenters. The largest absolute Gasteiger partial charge is 0.293 e. The molecule has 1 aromatic carbocycles. The molecule has 0 spiro atoms. The van der Waals surface area contributed by atoms with Crippen LogP contribution in [0.3, 0.4) is 0 Å². The van der Waals surface area contributed by atoms with E-state index >= 15 is 0 Å². The monoisotopic (exact) mass is 296 g/mol. The summed E-state index contributed by atoms with van der Waals surface area (Å²) in [4.78, 5) is 16.1. The second kappa shape index (κ2) is 5.25. The molecule has 0 aliphatic heterocycles. The van der Waals surface area contributed by atoms with Gasteiger partial charge in [0.2, 0.25) is 5.91 Å². The average molecular weight is 296 g/mol. The minimum atomic E-state index is -0.0236. The number of benzene rings is 1. The number of hydrogen-bond donors (Lipinski definition) is 2. The molecule has 0 unspecified atom stereocenters. The smallest absolute Gasteiger partial charge is 0.273 e. The van der Waals surface area contributed by atoms with E-state index in [2.05, 4.69) is 49.9 Å². The van der Waals surface area contributed by atoms with Crippen LogP contribution in [0.1, 0.15) is 18.4 Å². The first-order chi connectivity index (χ1) is 10.8. The molecule has 1 amide bonds. The Labute approximate surface area is 126 Å². The van der Waals surface area contributed by atoms with E-state index in [4.69, 9.17) is 0 Å². The van der Waals surface area contributed by atoms with Gasteiger partial charge in [-0.1, -0.05) is 30.3 Å². The quantitative estimate of drug-likeness (QED) is 0.749. The summed E-state index contributed by atoms with van der Waals surface area (Å²) in [6.45, 7) is 0. The molecule has 22 heavy (non-hydrogen) atoms. The Morgan fingerprint density at radius 2 is 2.14 bits per heavy atom. The van der Waals surface area contributed by atoms with Gasteiger partial charge in [0.1, 0.15) is 6.33 Å². The van der Waals surface area contributed by atoms with E-state index in [1.807, 2.05) is 6.07 Å². The van der Waals surface area contributed by atoms with Gasteiger partial charge in [-0.15, -0.1) is 10.2 Å². The Balaban J connectivity index is 1.31. The third kappa shape index (κ3) is 2.57. The molecule has 7 nitrogen and oxygen atoms in total. The van der Waals surface area contributed by atoms with Crippen molar-refractivity contribution in [3.05, 3.63) is 42.2 Å². The van der Waals surface area contributed by atoms with Crippen LogP contribution in [0.2, 0.25) is 0 Å². The molecule has 2 aromatic heterocycles. The van der Waals surface area contributed by atoms with Crippen molar-refractivity contribution in [3.63, 3.8) is 0 Å². The van der Waals surface area contributed by atoms with Gasteiger partial charge in [0.25, 0.3) is 11.7 Å². The highest BCUT2D eigenvalue weighted by atomic mass is 16.1. The second-order valence-electron chi connectivity index (χ2n) is 5.74. The van der Waals surface area contributed by atoms with Crippen LogP contribution in [0.15, 0.2) is 36.7 Å². The van der Waals surface area contributed by atoms with E-state index < -0.39 is 0 Å². The molecule has 0 saturated heterocycles. The van der Waals surface area contributed by atoms with Crippen LogP contribution in [0, 0.1) is 11.8 Å². The van der Waals surface area contributed by atoms with Gasteiger partial charge < -0.3 is 0 Å². The molecule has 1 aliphatic carbocycles. The molecule has 1 aliphatic rings. The normalized spacial score (nSPS) is 20.2. The SMILES string of the molecule is O=C(C[C@@H]1C[C@H]1Cc1ccccc1)Nc1nnc2nc[nH]n12. The van der Waals surface area contributed by atoms with Crippen molar-refractivity contribution in [2.24, 2.45) is 11.8 Å². The van der Waals surface area contributed by atoms with E-state index in [0.717, 1.165) is 12.8 Å².